The van der Waals surface area contributed by atoms with Crippen molar-refractivity contribution >= 4 is 22.4 Å². The van der Waals surface area contributed by atoms with Crippen LogP contribution in [0.2, 0.25) is 0 Å². The number of carbonyl (C=O) groups excluding carboxylic acids is 1. The number of aryl methyl sites for hydroxylation is 1. The van der Waals surface area contributed by atoms with Crippen LogP contribution >= 0.6 is 11.3 Å². The van der Waals surface area contributed by atoms with Crippen LogP contribution in [0.3, 0.4) is 0 Å². The number of morpholine rings is 1. The van der Waals surface area contributed by atoms with Crippen molar-refractivity contribution in [2.24, 2.45) is 0 Å². The van der Waals surface area contributed by atoms with Gasteiger partial charge < -0.3 is 9.64 Å². The number of benzene rings is 1. The number of ether oxygens (including phenoxy) is 1. The van der Waals surface area contributed by atoms with Gasteiger partial charge in [-0.2, -0.15) is 0 Å². The number of aromatic nitrogens is 1. The first-order valence-corrected chi connectivity index (χ1v) is 9.06. The number of carbonyl (C=O) groups is 1. The lowest BCUT2D eigenvalue weighted by Gasteiger charge is -2.33. The van der Waals surface area contributed by atoms with Gasteiger partial charge in [0, 0.05) is 24.7 Å². The highest BCUT2D eigenvalue weighted by molar-refractivity contribution is 7.13. The molecule has 1 aliphatic heterocycles. The number of thiazole rings is 1. The zero-order valence-corrected chi connectivity index (χ0v) is 15.0. The van der Waals surface area contributed by atoms with Crippen LogP contribution in [0.1, 0.15) is 11.1 Å². The minimum absolute atomic E-state index is 0.0217. The van der Waals surface area contributed by atoms with Crippen molar-refractivity contribution in [1.29, 1.82) is 0 Å². The summed E-state index contributed by atoms with van der Waals surface area (Å²) in [6.07, 6.45) is 2.14. The molecule has 0 saturated carbocycles. The van der Waals surface area contributed by atoms with Gasteiger partial charge >= 0.3 is 0 Å². The fraction of sp³-hybridized carbons (Fsp3) is 0.444. The fourth-order valence-electron chi connectivity index (χ4n) is 2.88. The summed E-state index contributed by atoms with van der Waals surface area (Å²) < 4.78 is 5.84. The number of hydrogen-bond donors (Lipinski definition) is 0. The number of anilines is 1. The summed E-state index contributed by atoms with van der Waals surface area (Å²) in [5.74, 6) is 0.0658. The summed E-state index contributed by atoms with van der Waals surface area (Å²) >= 11 is 1.49. The summed E-state index contributed by atoms with van der Waals surface area (Å²) in [7, 11) is 2.08. The number of hydrogen-bond acceptors (Lipinski definition) is 5. The Morgan fingerprint density at radius 2 is 2.29 bits per heavy atom. The number of rotatable bonds is 5. The molecule has 1 saturated heterocycles. The predicted molar refractivity (Wildman–Crippen MR) is 96.6 cm³/mol. The van der Waals surface area contributed by atoms with E-state index in [1.807, 2.05) is 36.6 Å². The number of amides is 1. The smallest absolute Gasteiger partial charge is 0.233 e. The van der Waals surface area contributed by atoms with E-state index in [1.165, 1.54) is 11.3 Å². The first kappa shape index (κ1) is 17.1. The van der Waals surface area contributed by atoms with E-state index in [0.29, 0.717) is 19.6 Å². The van der Waals surface area contributed by atoms with E-state index in [2.05, 4.69) is 16.9 Å². The second-order valence-corrected chi connectivity index (χ2v) is 7.05. The molecule has 1 amide bonds. The molecule has 0 radical (unpaired) electrons. The average molecular weight is 345 g/mol. The van der Waals surface area contributed by atoms with Gasteiger partial charge in [0.15, 0.2) is 5.13 Å². The van der Waals surface area contributed by atoms with Gasteiger partial charge in [0.2, 0.25) is 5.91 Å². The van der Waals surface area contributed by atoms with Crippen molar-refractivity contribution in [1.82, 2.24) is 9.88 Å². The lowest BCUT2D eigenvalue weighted by molar-refractivity contribution is -0.118. The normalized spacial score (nSPS) is 18.5. The summed E-state index contributed by atoms with van der Waals surface area (Å²) in [6.45, 7) is 5.06. The van der Waals surface area contributed by atoms with Gasteiger partial charge in [0.1, 0.15) is 0 Å². The molecule has 1 aliphatic rings. The van der Waals surface area contributed by atoms with E-state index in [9.17, 15) is 4.79 Å². The molecule has 5 nitrogen and oxygen atoms in total. The van der Waals surface area contributed by atoms with Crippen molar-refractivity contribution in [2.75, 3.05) is 38.2 Å². The van der Waals surface area contributed by atoms with Gasteiger partial charge in [-0.25, -0.2) is 4.98 Å². The highest BCUT2D eigenvalue weighted by Crippen LogP contribution is 2.21. The van der Waals surface area contributed by atoms with Crippen LogP contribution in [-0.4, -0.2) is 55.2 Å². The molecule has 2 heterocycles. The van der Waals surface area contributed by atoms with Crippen LogP contribution < -0.4 is 4.90 Å². The van der Waals surface area contributed by atoms with Gasteiger partial charge in [-0.05, 0) is 25.1 Å². The minimum Gasteiger partial charge on any atom is -0.374 e. The van der Waals surface area contributed by atoms with Gasteiger partial charge in [-0.3, -0.25) is 9.69 Å². The zero-order valence-electron chi connectivity index (χ0n) is 14.1. The van der Waals surface area contributed by atoms with E-state index in [4.69, 9.17) is 4.74 Å². The highest BCUT2D eigenvalue weighted by atomic mass is 32.1. The van der Waals surface area contributed by atoms with Crippen LogP contribution in [0, 0.1) is 6.92 Å². The molecule has 0 spiro atoms. The molecule has 3 rings (SSSR count). The van der Waals surface area contributed by atoms with E-state index < -0.39 is 0 Å². The van der Waals surface area contributed by atoms with Crippen LogP contribution in [0.5, 0.6) is 0 Å². The lowest BCUT2D eigenvalue weighted by Crippen LogP contribution is -2.48. The second kappa shape index (κ2) is 7.88. The molecule has 0 N–H and O–H groups in total. The van der Waals surface area contributed by atoms with Gasteiger partial charge in [0.25, 0.3) is 0 Å². The second-order valence-electron chi connectivity index (χ2n) is 6.18. The Morgan fingerprint density at radius 1 is 1.46 bits per heavy atom. The monoisotopic (exact) mass is 345 g/mol. The topological polar surface area (TPSA) is 45.7 Å². The Bertz CT molecular complexity index is 675. The molecule has 1 aromatic carbocycles. The average Bonchev–Trinajstić information content (AvgIpc) is 3.09. The Hall–Kier alpha value is -1.76. The van der Waals surface area contributed by atoms with E-state index >= 15 is 0 Å². The Labute approximate surface area is 146 Å². The molecule has 0 bridgehead atoms. The third-order valence-electron chi connectivity index (χ3n) is 4.28. The summed E-state index contributed by atoms with van der Waals surface area (Å²) in [4.78, 5) is 21.3. The molecule has 6 heteroatoms. The SMILES string of the molecule is Cc1ccccc1CC(=O)N(C[C@H]1CN(C)CCO1)c1nccs1. The number of likely N-dealkylation sites (N-methyl/N-ethyl adjacent to an activating group) is 1. The van der Waals surface area contributed by atoms with Gasteiger partial charge in [-0.15, -0.1) is 11.3 Å². The van der Waals surface area contributed by atoms with Crippen molar-refractivity contribution in [3.63, 3.8) is 0 Å². The maximum atomic E-state index is 12.9. The summed E-state index contributed by atoms with van der Waals surface area (Å²) in [6, 6.07) is 8.02. The fourth-order valence-corrected chi connectivity index (χ4v) is 3.55. The zero-order chi connectivity index (χ0) is 16.9. The third kappa shape index (κ3) is 4.20. The van der Waals surface area contributed by atoms with Crippen LogP contribution in [0.4, 0.5) is 5.13 Å². The van der Waals surface area contributed by atoms with E-state index in [-0.39, 0.29) is 12.0 Å². The lowest BCUT2D eigenvalue weighted by atomic mass is 10.1. The standard InChI is InChI=1S/C18H23N3O2S/c1-14-5-3-4-6-15(14)11-17(22)21(18-19-7-10-24-18)13-16-12-20(2)8-9-23-16/h3-7,10,16H,8-9,11-13H2,1-2H3/t16-/m1/s1. The van der Waals surface area contributed by atoms with Crippen LogP contribution in [0.25, 0.3) is 0 Å². The molecule has 1 fully saturated rings. The Kier molecular flexibility index (Phi) is 5.60. The largest absolute Gasteiger partial charge is 0.374 e. The van der Waals surface area contributed by atoms with Crippen molar-refractivity contribution in [3.8, 4) is 0 Å². The molecular formula is C18H23N3O2S. The Morgan fingerprint density at radius 3 is 3.00 bits per heavy atom. The van der Waals surface area contributed by atoms with E-state index in [0.717, 1.165) is 29.3 Å². The van der Waals surface area contributed by atoms with Crippen molar-refractivity contribution < 1.29 is 9.53 Å². The summed E-state index contributed by atoms with van der Waals surface area (Å²) in [5, 5.41) is 2.64. The maximum absolute atomic E-state index is 12.9. The Balaban J connectivity index is 1.75. The van der Waals surface area contributed by atoms with Gasteiger partial charge in [0.05, 0.1) is 25.7 Å². The summed E-state index contributed by atoms with van der Waals surface area (Å²) in [5.41, 5.74) is 2.20. The van der Waals surface area contributed by atoms with Crippen LogP contribution in [-0.2, 0) is 16.0 Å². The molecule has 1 aromatic heterocycles. The molecule has 0 unspecified atom stereocenters. The molecule has 24 heavy (non-hydrogen) atoms. The maximum Gasteiger partial charge on any atom is 0.233 e. The number of nitrogens with zero attached hydrogens (tertiary/aromatic N) is 3. The first-order valence-electron chi connectivity index (χ1n) is 8.18. The highest BCUT2D eigenvalue weighted by Gasteiger charge is 2.26. The molecular weight excluding hydrogens is 322 g/mol. The predicted octanol–water partition coefficient (Wildman–Crippen LogP) is 2.36. The van der Waals surface area contributed by atoms with Crippen LogP contribution in [0.15, 0.2) is 35.8 Å². The molecule has 0 aliphatic carbocycles. The minimum atomic E-state index is 0.0217. The first-order chi connectivity index (χ1) is 11.6. The molecule has 1 atom stereocenters. The molecule has 128 valence electrons. The van der Waals surface area contributed by atoms with Crippen molar-refractivity contribution in [2.45, 2.75) is 19.4 Å². The quantitative estimate of drug-likeness (QED) is 0.835. The van der Waals surface area contributed by atoms with Crippen molar-refractivity contribution in [3.05, 3.63) is 47.0 Å². The molecule has 2 aromatic rings. The third-order valence-corrected chi connectivity index (χ3v) is 5.08. The van der Waals surface area contributed by atoms with Gasteiger partial charge in [-0.1, -0.05) is 24.3 Å². The van der Waals surface area contributed by atoms with E-state index in [1.54, 1.807) is 11.1 Å².